The summed E-state index contributed by atoms with van der Waals surface area (Å²) in [5, 5.41) is 9.76. The van der Waals surface area contributed by atoms with Crippen molar-refractivity contribution < 1.29 is 9.84 Å². The molecule has 1 atom stereocenters. The van der Waals surface area contributed by atoms with Crippen molar-refractivity contribution in [3.8, 4) is 11.5 Å². The molecule has 0 aromatic heterocycles. The van der Waals surface area contributed by atoms with E-state index in [1.165, 1.54) is 7.11 Å². The number of hydrogen-bond donors (Lipinski definition) is 2. The average molecular weight is 260 g/mol. The fourth-order valence-electron chi connectivity index (χ4n) is 1.29. The van der Waals surface area contributed by atoms with E-state index in [4.69, 9.17) is 10.5 Å². The van der Waals surface area contributed by atoms with E-state index in [0.717, 1.165) is 10.0 Å². The van der Waals surface area contributed by atoms with Crippen molar-refractivity contribution >= 4 is 15.9 Å². The highest BCUT2D eigenvalue weighted by Crippen LogP contribution is 2.33. The first-order valence-electron chi connectivity index (χ1n) is 4.35. The van der Waals surface area contributed by atoms with Gasteiger partial charge in [-0.2, -0.15) is 0 Å². The van der Waals surface area contributed by atoms with Gasteiger partial charge in [-0.15, -0.1) is 0 Å². The molecule has 0 saturated heterocycles. The summed E-state index contributed by atoms with van der Waals surface area (Å²) in [7, 11) is 1.52. The molecular weight excluding hydrogens is 246 g/mol. The third kappa shape index (κ3) is 2.62. The second-order valence-corrected chi connectivity index (χ2v) is 4.21. The van der Waals surface area contributed by atoms with Gasteiger partial charge in [0.2, 0.25) is 0 Å². The SMILES string of the molecule is COc1cc(Br)cc(CC(C)N)c1O. The third-order valence-corrected chi connectivity index (χ3v) is 2.34. The minimum absolute atomic E-state index is 0.0138. The Morgan fingerprint density at radius 3 is 2.71 bits per heavy atom. The number of aromatic hydroxyl groups is 1. The summed E-state index contributed by atoms with van der Waals surface area (Å²) >= 11 is 3.35. The summed E-state index contributed by atoms with van der Waals surface area (Å²) in [6, 6.07) is 3.58. The normalized spacial score (nSPS) is 12.6. The molecule has 78 valence electrons. The Hall–Kier alpha value is -0.740. The van der Waals surface area contributed by atoms with Gasteiger partial charge < -0.3 is 15.6 Å². The van der Waals surface area contributed by atoms with Crippen LogP contribution in [0.5, 0.6) is 11.5 Å². The van der Waals surface area contributed by atoms with Crippen LogP contribution in [0.2, 0.25) is 0 Å². The summed E-state index contributed by atoms with van der Waals surface area (Å²) in [6.45, 7) is 1.90. The van der Waals surface area contributed by atoms with Gasteiger partial charge in [0.25, 0.3) is 0 Å². The van der Waals surface area contributed by atoms with Crippen LogP contribution in [0, 0.1) is 0 Å². The first kappa shape index (κ1) is 11.3. The number of methoxy groups -OCH3 is 1. The maximum absolute atomic E-state index is 9.76. The summed E-state index contributed by atoms with van der Waals surface area (Å²) < 4.78 is 5.90. The molecule has 3 N–H and O–H groups in total. The molecule has 0 aliphatic heterocycles. The summed E-state index contributed by atoms with van der Waals surface area (Å²) in [5.41, 5.74) is 6.47. The fourth-order valence-corrected chi connectivity index (χ4v) is 1.77. The molecule has 0 amide bonds. The van der Waals surface area contributed by atoms with Crippen LogP contribution in [0.15, 0.2) is 16.6 Å². The van der Waals surface area contributed by atoms with Gasteiger partial charge in [0.1, 0.15) is 0 Å². The lowest BCUT2D eigenvalue weighted by Gasteiger charge is -2.11. The number of halogens is 1. The minimum atomic E-state index is 0.0138. The first-order valence-corrected chi connectivity index (χ1v) is 5.15. The highest BCUT2D eigenvalue weighted by Gasteiger charge is 2.10. The molecule has 1 aromatic rings. The van der Waals surface area contributed by atoms with Crippen LogP contribution >= 0.6 is 15.9 Å². The maximum Gasteiger partial charge on any atom is 0.161 e. The van der Waals surface area contributed by atoms with E-state index in [9.17, 15) is 5.11 Å². The van der Waals surface area contributed by atoms with Gasteiger partial charge in [0, 0.05) is 16.1 Å². The van der Waals surface area contributed by atoms with Crippen LogP contribution in [0.4, 0.5) is 0 Å². The Balaban J connectivity index is 3.08. The van der Waals surface area contributed by atoms with Gasteiger partial charge in [-0.05, 0) is 25.5 Å². The van der Waals surface area contributed by atoms with E-state index in [1.54, 1.807) is 6.07 Å². The zero-order valence-electron chi connectivity index (χ0n) is 8.25. The van der Waals surface area contributed by atoms with Crippen molar-refractivity contribution in [1.29, 1.82) is 0 Å². The Morgan fingerprint density at radius 1 is 1.57 bits per heavy atom. The molecule has 4 heteroatoms. The van der Waals surface area contributed by atoms with Crippen molar-refractivity contribution in [2.45, 2.75) is 19.4 Å². The van der Waals surface area contributed by atoms with E-state index in [-0.39, 0.29) is 11.8 Å². The van der Waals surface area contributed by atoms with Crippen LogP contribution < -0.4 is 10.5 Å². The Kier molecular flexibility index (Phi) is 3.77. The molecule has 0 bridgehead atoms. The fraction of sp³-hybridized carbons (Fsp3) is 0.400. The maximum atomic E-state index is 9.76. The molecule has 1 aromatic carbocycles. The van der Waals surface area contributed by atoms with E-state index in [2.05, 4.69) is 15.9 Å². The molecular formula is C10H14BrNO2. The highest BCUT2D eigenvalue weighted by molar-refractivity contribution is 9.10. The average Bonchev–Trinajstić information content (AvgIpc) is 2.09. The zero-order valence-corrected chi connectivity index (χ0v) is 9.84. The molecule has 0 saturated carbocycles. The molecule has 1 unspecified atom stereocenters. The minimum Gasteiger partial charge on any atom is -0.504 e. The lowest BCUT2D eigenvalue weighted by molar-refractivity contribution is 0.369. The second kappa shape index (κ2) is 4.66. The van der Waals surface area contributed by atoms with E-state index in [1.807, 2.05) is 13.0 Å². The number of phenols is 1. The van der Waals surface area contributed by atoms with Gasteiger partial charge in [0.15, 0.2) is 11.5 Å². The second-order valence-electron chi connectivity index (χ2n) is 3.30. The summed E-state index contributed by atoms with van der Waals surface area (Å²) in [6.07, 6.45) is 0.627. The van der Waals surface area contributed by atoms with Gasteiger partial charge in [-0.1, -0.05) is 15.9 Å². The number of benzene rings is 1. The molecule has 0 fully saturated rings. The lowest BCUT2D eigenvalue weighted by atomic mass is 10.1. The number of ether oxygens (including phenoxy) is 1. The van der Waals surface area contributed by atoms with Crippen molar-refractivity contribution in [3.63, 3.8) is 0 Å². The third-order valence-electron chi connectivity index (χ3n) is 1.88. The number of phenolic OH excluding ortho intramolecular Hbond substituents is 1. The van der Waals surface area contributed by atoms with Crippen molar-refractivity contribution in [2.75, 3.05) is 7.11 Å². The molecule has 0 heterocycles. The molecule has 0 aliphatic rings. The topological polar surface area (TPSA) is 55.5 Å². The number of nitrogens with two attached hydrogens (primary N) is 1. The van der Waals surface area contributed by atoms with Crippen LogP contribution in [0.1, 0.15) is 12.5 Å². The van der Waals surface area contributed by atoms with E-state index in [0.29, 0.717) is 12.2 Å². The van der Waals surface area contributed by atoms with E-state index >= 15 is 0 Å². The molecule has 0 aliphatic carbocycles. The first-order chi connectivity index (χ1) is 6.54. The summed E-state index contributed by atoms with van der Waals surface area (Å²) in [4.78, 5) is 0. The molecule has 0 radical (unpaired) electrons. The Bertz CT molecular complexity index is 326. The van der Waals surface area contributed by atoms with Crippen molar-refractivity contribution in [2.24, 2.45) is 5.73 Å². The van der Waals surface area contributed by atoms with E-state index < -0.39 is 0 Å². The molecule has 1 rings (SSSR count). The van der Waals surface area contributed by atoms with Crippen molar-refractivity contribution in [1.82, 2.24) is 0 Å². The quantitative estimate of drug-likeness (QED) is 0.874. The predicted molar refractivity (Wildman–Crippen MR) is 59.7 cm³/mol. The standard InChI is InChI=1S/C10H14BrNO2/c1-6(12)3-7-4-8(11)5-9(14-2)10(7)13/h4-6,13H,3,12H2,1-2H3. The van der Waals surface area contributed by atoms with Gasteiger partial charge in [-0.3, -0.25) is 0 Å². The van der Waals surface area contributed by atoms with Crippen LogP contribution in [0.3, 0.4) is 0 Å². The summed E-state index contributed by atoms with van der Waals surface area (Å²) in [5.74, 6) is 0.642. The van der Waals surface area contributed by atoms with Gasteiger partial charge >= 0.3 is 0 Å². The number of rotatable bonds is 3. The lowest BCUT2D eigenvalue weighted by Crippen LogP contribution is -2.17. The number of hydrogen-bond acceptors (Lipinski definition) is 3. The Morgan fingerprint density at radius 2 is 2.21 bits per heavy atom. The highest BCUT2D eigenvalue weighted by atomic mass is 79.9. The monoisotopic (exact) mass is 259 g/mol. The molecule has 0 spiro atoms. The smallest absolute Gasteiger partial charge is 0.161 e. The van der Waals surface area contributed by atoms with Crippen LogP contribution in [0.25, 0.3) is 0 Å². The molecule has 14 heavy (non-hydrogen) atoms. The largest absolute Gasteiger partial charge is 0.504 e. The van der Waals surface area contributed by atoms with Crippen molar-refractivity contribution in [3.05, 3.63) is 22.2 Å². The van der Waals surface area contributed by atoms with Gasteiger partial charge in [-0.25, -0.2) is 0 Å². The van der Waals surface area contributed by atoms with Gasteiger partial charge in [0.05, 0.1) is 7.11 Å². The van der Waals surface area contributed by atoms with Crippen LogP contribution in [-0.2, 0) is 6.42 Å². The Labute approximate surface area is 92.0 Å². The molecule has 3 nitrogen and oxygen atoms in total. The predicted octanol–water partition coefficient (Wildman–Crippen LogP) is 2.05. The van der Waals surface area contributed by atoms with Crippen LogP contribution in [-0.4, -0.2) is 18.3 Å². The zero-order chi connectivity index (χ0) is 10.7.